The van der Waals surface area contributed by atoms with Crippen LogP contribution in [-0.4, -0.2) is 70.0 Å². The molecule has 2 aromatic rings. The molecule has 1 aromatic heterocycles. The lowest BCUT2D eigenvalue weighted by Gasteiger charge is -2.41. The SMILES string of the molecule is COC(=O)[C@H](CC(C)C)NC(=O)N1CCN(Cc2nc[nH]c2C)C(=O)[C@@H]1Cc1ccccc1. The zero-order valence-electron chi connectivity index (χ0n) is 19.7. The highest BCUT2D eigenvalue weighted by atomic mass is 16.5. The third-order valence-corrected chi connectivity index (χ3v) is 5.88. The van der Waals surface area contributed by atoms with Crippen LogP contribution in [0.5, 0.6) is 0 Å². The third-order valence-electron chi connectivity index (χ3n) is 5.88. The van der Waals surface area contributed by atoms with Crippen LogP contribution in [0.1, 0.15) is 37.2 Å². The standard InChI is InChI=1S/C24H33N5O4/c1-16(2)12-19(23(31)33-4)27-24(32)29-11-10-28(14-20-17(3)25-15-26-20)22(30)21(29)13-18-8-6-5-7-9-18/h5-9,15-16,19,21H,10-14H2,1-4H3,(H,25,26)(H,27,32)/t19-,21-/m0/s1. The largest absolute Gasteiger partial charge is 0.467 e. The number of benzene rings is 1. The number of nitrogens with one attached hydrogen (secondary N) is 2. The van der Waals surface area contributed by atoms with Crippen LogP contribution in [0, 0.1) is 12.8 Å². The Morgan fingerprint density at radius 3 is 2.58 bits per heavy atom. The molecule has 2 N–H and O–H groups in total. The number of carbonyl (C=O) groups is 3. The van der Waals surface area contributed by atoms with Crippen LogP contribution in [-0.2, 0) is 27.3 Å². The number of ether oxygens (including phenoxy) is 1. The van der Waals surface area contributed by atoms with Crippen LogP contribution in [0.3, 0.4) is 0 Å². The number of carbonyl (C=O) groups excluding carboxylic acids is 3. The van der Waals surface area contributed by atoms with Crippen LogP contribution >= 0.6 is 0 Å². The van der Waals surface area contributed by atoms with Crippen LogP contribution < -0.4 is 5.32 Å². The van der Waals surface area contributed by atoms with Gasteiger partial charge in [0.05, 0.1) is 25.7 Å². The number of esters is 1. The minimum atomic E-state index is -0.764. The number of urea groups is 1. The first-order chi connectivity index (χ1) is 15.8. The molecule has 0 spiro atoms. The molecule has 2 atom stereocenters. The molecule has 1 aromatic carbocycles. The van der Waals surface area contributed by atoms with Gasteiger partial charge in [-0.05, 0) is 24.8 Å². The second-order valence-corrected chi connectivity index (χ2v) is 8.79. The number of hydrogen-bond donors (Lipinski definition) is 2. The number of aryl methyl sites for hydroxylation is 1. The number of aromatic amines is 1. The highest BCUT2D eigenvalue weighted by molar-refractivity contribution is 5.90. The average Bonchev–Trinajstić information content (AvgIpc) is 3.20. The molecule has 1 aliphatic rings. The van der Waals surface area contributed by atoms with E-state index in [0.717, 1.165) is 17.0 Å². The summed E-state index contributed by atoms with van der Waals surface area (Å²) >= 11 is 0. The summed E-state index contributed by atoms with van der Waals surface area (Å²) in [6, 6.07) is 7.73. The molecule has 2 heterocycles. The Bertz CT molecular complexity index is 959. The van der Waals surface area contributed by atoms with Gasteiger partial charge >= 0.3 is 12.0 Å². The highest BCUT2D eigenvalue weighted by Gasteiger charge is 2.39. The van der Waals surface area contributed by atoms with Crippen molar-refractivity contribution in [2.45, 2.75) is 52.2 Å². The first-order valence-electron chi connectivity index (χ1n) is 11.3. The van der Waals surface area contributed by atoms with Crippen molar-refractivity contribution in [2.75, 3.05) is 20.2 Å². The van der Waals surface area contributed by atoms with Gasteiger partial charge in [-0.1, -0.05) is 44.2 Å². The summed E-state index contributed by atoms with van der Waals surface area (Å²) in [7, 11) is 1.30. The average molecular weight is 456 g/mol. The lowest BCUT2D eigenvalue weighted by Crippen LogP contribution is -2.62. The summed E-state index contributed by atoms with van der Waals surface area (Å²) in [6.45, 7) is 6.98. The summed E-state index contributed by atoms with van der Waals surface area (Å²) in [5.74, 6) is -0.443. The number of imidazole rings is 1. The van der Waals surface area contributed by atoms with Crippen molar-refractivity contribution in [2.24, 2.45) is 5.92 Å². The number of amides is 3. The third kappa shape index (κ3) is 6.12. The van der Waals surface area contributed by atoms with Crippen LogP contribution in [0.4, 0.5) is 4.79 Å². The molecule has 0 saturated carbocycles. The molecule has 0 unspecified atom stereocenters. The maximum Gasteiger partial charge on any atom is 0.328 e. The molecular weight excluding hydrogens is 422 g/mol. The summed E-state index contributed by atoms with van der Waals surface area (Å²) in [4.78, 5) is 49.6. The van der Waals surface area contributed by atoms with Gasteiger partial charge in [0, 0.05) is 25.2 Å². The highest BCUT2D eigenvalue weighted by Crippen LogP contribution is 2.20. The first kappa shape index (κ1) is 24.3. The molecule has 3 amide bonds. The Morgan fingerprint density at radius 2 is 1.97 bits per heavy atom. The van der Waals surface area contributed by atoms with Gasteiger partial charge < -0.3 is 24.8 Å². The number of piperazine rings is 1. The van der Waals surface area contributed by atoms with Crippen molar-refractivity contribution in [3.8, 4) is 0 Å². The smallest absolute Gasteiger partial charge is 0.328 e. The molecule has 1 aliphatic heterocycles. The lowest BCUT2D eigenvalue weighted by molar-refractivity contribution is -0.143. The van der Waals surface area contributed by atoms with Gasteiger partial charge in [-0.25, -0.2) is 14.6 Å². The zero-order valence-corrected chi connectivity index (χ0v) is 19.7. The van der Waals surface area contributed by atoms with E-state index in [0.29, 0.717) is 32.5 Å². The van der Waals surface area contributed by atoms with Gasteiger partial charge in [0.2, 0.25) is 5.91 Å². The number of nitrogens with zero attached hydrogens (tertiary/aromatic N) is 3. The quantitative estimate of drug-likeness (QED) is 0.594. The van der Waals surface area contributed by atoms with E-state index < -0.39 is 24.1 Å². The number of H-pyrrole nitrogens is 1. The normalized spacial score (nSPS) is 17.2. The Hall–Kier alpha value is -3.36. The first-order valence-corrected chi connectivity index (χ1v) is 11.3. The van der Waals surface area contributed by atoms with E-state index in [1.54, 1.807) is 16.1 Å². The van der Waals surface area contributed by atoms with Crippen molar-refractivity contribution in [1.29, 1.82) is 0 Å². The van der Waals surface area contributed by atoms with Gasteiger partial charge in [-0.15, -0.1) is 0 Å². The van der Waals surface area contributed by atoms with Gasteiger partial charge in [0.15, 0.2) is 0 Å². The molecule has 9 nitrogen and oxygen atoms in total. The van der Waals surface area contributed by atoms with Crippen molar-refractivity contribution >= 4 is 17.9 Å². The van der Waals surface area contributed by atoms with Crippen molar-refractivity contribution < 1.29 is 19.1 Å². The zero-order chi connectivity index (χ0) is 24.0. The van der Waals surface area contributed by atoms with Gasteiger partial charge in [-0.2, -0.15) is 0 Å². The fourth-order valence-corrected chi connectivity index (χ4v) is 4.06. The lowest BCUT2D eigenvalue weighted by atomic mass is 10.0. The van der Waals surface area contributed by atoms with E-state index in [1.165, 1.54) is 7.11 Å². The summed E-state index contributed by atoms with van der Waals surface area (Å²) in [5.41, 5.74) is 2.68. The van der Waals surface area contributed by atoms with E-state index in [-0.39, 0.29) is 11.8 Å². The molecule has 0 radical (unpaired) electrons. The molecule has 3 rings (SSSR count). The van der Waals surface area contributed by atoms with Gasteiger partial charge in [0.25, 0.3) is 0 Å². The molecule has 178 valence electrons. The maximum atomic E-state index is 13.5. The van der Waals surface area contributed by atoms with Crippen molar-refractivity contribution in [3.05, 3.63) is 53.6 Å². The summed E-state index contributed by atoms with van der Waals surface area (Å²) in [6.07, 6.45) is 2.45. The van der Waals surface area contributed by atoms with Gasteiger partial charge in [-0.3, -0.25) is 4.79 Å². The molecule has 0 bridgehead atoms. The summed E-state index contributed by atoms with van der Waals surface area (Å²) < 4.78 is 4.87. The van der Waals surface area contributed by atoms with E-state index in [4.69, 9.17) is 4.74 Å². The van der Waals surface area contributed by atoms with Crippen LogP contribution in [0.15, 0.2) is 36.7 Å². The Kier molecular flexibility index (Phi) is 8.08. The van der Waals surface area contributed by atoms with Gasteiger partial charge in [0.1, 0.15) is 12.1 Å². The van der Waals surface area contributed by atoms with Crippen molar-refractivity contribution in [3.63, 3.8) is 0 Å². The molecule has 0 aliphatic carbocycles. The molecule has 1 saturated heterocycles. The number of aromatic nitrogens is 2. The summed E-state index contributed by atoms with van der Waals surface area (Å²) in [5, 5.41) is 2.80. The Balaban J connectivity index is 1.81. The topological polar surface area (TPSA) is 108 Å². The Morgan fingerprint density at radius 1 is 1.24 bits per heavy atom. The Labute approximate surface area is 194 Å². The number of methoxy groups -OCH3 is 1. The van der Waals surface area contributed by atoms with Crippen LogP contribution in [0.25, 0.3) is 0 Å². The van der Waals surface area contributed by atoms with Crippen LogP contribution in [0.2, 0.25) is 0 Å². The van der Waals surface area contributed by atoms with Crippen molar-refractivity contribution in [1.82, 2.24) is 25.1 Å². The fourth-order valence-electron chi connectivity index (χ4n) is 4.06. The fraction of sp³-hybridized carbons (Fsp3) is 0.500. The van der Waals surface area contributed by atoms with E-state index in [1.807, 2.05) is 51.1 Å². The molecule has 1 fully saturated rings. The van der Waals surface area contributed by atoms with E-state index >= 15 is 0 Å². The van der Waals surface area contributed by atoms with E-state index in [9.17, 15) is 14.4 Å². The minimum Gasteiger partial charge on any atom is -0.467 e. The number of hydrogen-bond acceptors (Lipinski definition) is 5. The maximum absolute atomic E-state index is 13.5. The molecule has 9 heteroatoms. The predicted molar refractivity (Wildman–Crippen MR) is 123 cm³/mol. The van der Waals surface area contributed by atoms with E-state index in [2.05, 4.69) is 15.3 Å². The molecular formula is C24H33N5O4. The predicted octanol–water partition coefficient (Wildman–Crippen LogP) is 2.27. The molecule has 33 heavy (non-hydrogen) atoms. The minimum absolute atomic E-state index is 0.138. The second-order valence-electron chi connectivity index (χ2n) is 8.79. The number of rotatable bonds is 8. The second kappa shape index (κ2) is 11.0. The monoisotopic (exact) mass is 455 g/mol.